The van der Waals surface area contributed by atoms with E-state index in [1.165, 1.54) is 25.8 Å². The van der Waals surface area contributed by atoms with Gasteiger partial charge in [0, 0.05) is 43.7 Å². The van der Waals surface area contributed by atoms with Crippen molar-refractivity contribution in [2.75, 3.05) is 32.8 Å². The van der Waals surface area contributed by atoms with Crippen molar-refractivity contribution in [2.45, 2.75) is 57.9 Å². The Morgan fingerprint density at radius 1 is 1.20 bits per heavy atom. The maximum Gasteiger partial charge on any atom is 0.312 e. The predicted molar refractivity (Wildman–Crippen MR) is 117 cm³/mol. The topological polar surface area (TPSA) is 49.9 Å². The lowest BCUT2D eigenvalue weighted by atomic mass is 9.73. The Hall–Kier alpha value is -1.59. The minimum atomic E-state index is -0.605. The number of amides is 1. The van der Waals surface area contributed by atoms with Crippen LogP contribution in [0.3, 0.4) is 0 Å². The van der Waals surface area contributed by atoms with Crippen LogP contribution in [-0.2, 0) is 20.7 Å². The summed E-state index contributed by atoms with van der Waals surface area (Å²) in [5.74, 6) is 0.910. The summed E-state index contributed by atoms with van der Waals surface area (Å²) in [6.07, 6.45) is 6.37. The van der Waals surface area contributed by atoms with Gasteiger partial charge in [-0.05, 0) is 63.0 Å². The highest BCUT2D eigenvalue weighted by molar-refractivity contribution is 6.31. The molecule has 0 N–H and O–H groups in total. The molecule has 0 aromatic heterocycles. The van der Waals surface area contributed by atoms with Crippen molar-refractivity contribution in [1.29, 1.82) is 0 Å². The first kappa shape index (κ1) is 21.6. The van der Waals surface area contributed by atoms with Crippen LogP contribution in [0.25, 0.3) is 0 Å². The number of fused-ring (bicyclic) bond motifs is 2. The fraction of sp³-hybridized carbons (Fsp3) is 0.667. The molecule has 4 rings (SSSR count). The van der Waals surface area contributed by atoms with E-state index < -0.39 is 5.41 Å². The number of ether oxygens (including phenoxy) is 1. The summed E-state index contributed by atoms with van der Waals surface area (Å²) in [5, 5.41) is 0.680. The third-order valence-corrected chi connectivity index (χ3v) is 7.77. The zero-order valence-corrected chi connectivity index (χ0v) is 18.7. The summed E-state index contributed by atoms with van der Waals surface area (Å²) >= 11 is 6.38. The highest BCUT2D eigenvalue weighted by atomic mass is 35.5. The molecule has 3 aliphatic rings. The van der Waals surface area contributed by atoms with Crippen LogP contribution in [-0.4, -0.2) is 60.5 Å². The van der Waals surface area contributed by atoms with Gasteiger partial charge in [-0.25, -0.2) is 0 Å². The van der Waals surface area contributed by atoms with E-state index in [0.29, 0.717) is 56.4 Å². The van der Waals surface area contributed by atoms with Gasteiger partial charge in [0.05, 0.1) is 12.0 Å². The molecule has 1 aromatic rings. The standard InChI is InChI=1S/C24H33ClN2O3/c1-2-30-23(29)24(16-19-5-3-4-6-21(19)25)10-13-26(14-11-24)22(28)9-12-27-17-18-7-8-20(27)15-18/h3-6,18,20H,2,7-17H2,1H3/t18-,20-/m1/s1. The van der Waals surface area contributed by atoms with Gasteiger partial charge >= 0.3 is 5.97 Å². The molecule has 0 unspecified atom stereocenters. The molecular weight excluding hydrogens is 400 g/mol. The molecule has 2 saturated heterocycles. The first-order valence-electron chi connectivity index (χ1n) is 11.4. The van der Waals surface area contributed by atoms with Gasteiger partial charge in [-0.1, -0.05) is 29.8 Å². The van der Waals surface area contributed by atoms with Gasteiger partial charge in [0.1, 0.15) is 0 Å². The third-order valence-electron chi connectivity index (χ3n) is 7.40. The molecule has 3 fully saturated rings. The maximum atomic E-state index is 12.9. The molecule has 1 aliphatic carbocycles. The number of esters is 1. The highest BCUT2D eigenvalue weighted by Gasteiger charge is 2.44. The monoisotopic (exact) mass is 432 g/mol. The van der Waals surface area contributed by atoms with Crippen LogP contribution in [0.2, 0.25) is 5.02 Å². The fourth-order valence-corrected chi connectivity index (χ4v) is 5.83. The summed E-state index contributed by atoms with van der Waals surface area (Å²) < 4.78 is 5.44. The first-order chi connectivity index (χ1) is 14.5. The number of carbonyl (C=O) groups excluding carboxylic acids is 2. The Morgan fingerprint density at radius 2 is 1.97 bits per heavy atom. The van der Waals surface area contributed by atoms with Crippen LogP contribution in [0.15, 0.2) is 24.3 Å². The molecule has 2 aliphatic heterocycles. The van der Waals surface area contributed by atoms with Gasteiger partial charge in [0.2, 0.25) is 5.91 Å². The zero-order chi connectivity index (χ0) is 21.1. The van der Waals surface area contributed by atoms with Crippen molar-refractivity contribution in [3.8, 4) is 0 Å². The quantitative estimate of drug-likeness (QED) is 0.612. The summed E-state index contributed by atoms with van der Waals surface area (Å²) in [5.41, 5.74) is 0.363. The predicted octanol–water partition coefficient (Wildman–Crippen LogP) is 3.93. The molecular formula is C24H33ClN2O3. The van der Waals surface area contributed by atoms with Crippen molar-refractivity contribution in [2.24, 2.45) is 11.3 Å². The molecule has 0 spiro atoms. The van der Waals surface area contributed by atoms with E-state index in [0.717, 1.165) is 18.0 Å². The van der Waals surface area contributed by atoms with Gasteiger partial charge in [-0.15, -0.1) is 0 Å². The Balaban J connectivity index is 1.35. The van der Waals surface area contributed by atoms with Crippen LogP contribution < -0.4 is 0 Å². The zero-order valence-electron chi connectivity index (χ0n) is 17.9. The lowest BCUT2D eigenvalue weighted by Crippen LogP contribution is -2.48. The van der Waals surface area contributed by atoms with Crippen molar-refractivity contribution >= 4 is 23.5 Å². The fourth-order valence-electron chi connectivity index (χ4n) is 5.63. The Bertz CT molecular complexity index is 775. The molecule has 1 amide bonds. The molecule has 2 bridgehead atoms. The molecule has 2 heterocycles. The SMILES string of the molecule is CCOC(=O)C1(Cc2ccccc2Cl)CCN(C(=O)CCN2C[C@@H]3CC[C@@H]2C3)CC1. The third kappa shape index (κ3) is 4.52. The summed E-state index contributed by atoms with van der Waals surface area (Å²) in [4.78, 5) is 30.2. The molecule has 5 nitrogen and oxygen atoms in total. The Morgan fingerprint density at radius 3 is 2.60 bits per heavy atom. The van der Waals surface area contributed by atoms with Gasteiger partial charge in [0.25, 0.3) is 0 Å². The number of benzene rings is 1. The first-order valence-corrected chi connectivity index (χ1v) is 11.8. The highest BCUT2D eigenvalue weighted by Crippen LogP contribution is 2.39. The second-order valence-electron chi connectivity index (χ2n) is 9.23. The van der Waals surface area contributed by atoms with E-state index in [1.807, 2.05) is 36.1 Å². The van der Waals surface area contributed by atoms with Gasteiger partial charge < -0.3 is 9.64 Å². The number of carbonyl (C=O) groups is 2. The van der Waals surface area contributed by atoms with Gasteiger partial charge in [0.15, 0.2) is 0 Å². The van der Waals surface area contributed by atoms with Crippen LogP contribution in [0.1, 0.15) is 51.0 Å². The van der Waals surface area contributed by atoms with Crippen molar-refractivity contribution in [3.63, 3.8) is 0 Å². The van der Waals surface area contributed by atoms with E-state index in [-0.39, 0.29) is 11.9 Å². The normalized spacial score (nSPS) is 25.5. The van der Waals surface area contributed by atoms with Crippen LogP contribution in [0.4, 0.5) is 0 Å². The van der Waals surface area contributed by atoms with Crippen molar-refractivity contribution < 1.29 is 14.3 Å². The number of nitrogens with zero attached hydrogens (tertiary/aromatic N) is 2. The number of piperidine rings is 2. The summed E-state index contributed by atoms with van der Waals surface area (Å²) in [7, 11) is 0. The number of hydrogen-bond donors (Lipinski definition) is 0. The second kappa shape index (κ2) is 9.27. The molecule has 1 saturated carbocycles. The average Bonchev–Trinajstić information content (AvgIpc) is 3.38. The van der Waals surface area contributed by atoms with Crippen molar-refractivity contribution in [1.82, 2.24) is 9.80 Å². The number of halogens is 1. The van der Waals surface area contributed by atoms with Gasteiger partial charge in [-0.2, -0.15) is 0 Å². The number of likely N-dealkylation sites (tertiary alicyclic amines) is 2. The second-order valence-corrected chi connectivity index (χ2v) is 9.63. The lowest BCUT2D eigenvalue weighted by molar-refractivity contribution is -0.160. The van der Waals surface area contributed by atoms with E-state index in [4.69, 9.17) is 16.3 Å². The molecule has 30 heavy (non-hydrogen) atoms. The average molecular weight is 433 g/mol. The Kier molecular flexibility index (Phi) is 6.69. The van der Waals surface area contributed by atoms with E-state index in [1.54, 1.807) is 0 Å². The van der Waals surface area contributed by atoms with E-state index in [9.17, 15) is 9.59 Å². The largest absolute Gasteiger partial charge is 0.466 e. The molecule has 2 atom stereocenters. The minimum Gasteiger partial charge on any atom is -0.466 e. The smallest absolute Gasteiger partial charge is 0.312 e. The summed E-state index contributed by atoms with van der Waals surface area (Å²) in [6, 6.07) is 8.39. The lowest BCUT2D eigenvalue weighted by Gasteiger charge is -2.40. The summed E-state index contributed by atoms with van der Waals surface area (Å²) in [6.45, 7) is 5.46. The Labute approximate surface area is 184 Å². The van der Waals surface area contributed by atoms with Crippen LogP contribution in [0.5, 0.6) is 0 Å². The number of rotatable bonds is 7. The van der Waals surface area contributed by atoms with E-state index >= 15 is 0 Å². The number of hydrogen-bond acceptors (Lipinski definition) is 4. The van der Waals surface area contributed by atoms with E-state index in [2.05, 4.69) is 4.90 Å². The molecule has 164 valence electrons. The minimum absolute atomic E-state index is 0.162. The van der Waals surface area contributed by atoms with Crippen molar-refractivity contribution in [3.05, 3.63) is 34.9 Å². The van der Waals surface area contributed by atoms with Crippen LogP contribution in [0, 0.1) is 11.3 Å². The molecule has 1 aromatic carbocycles. The van der Waals surface area contributed by atoms with Gasteiger partial charge in [-0.3, -0.25) is 14.5 Å². The molecule has 0 radical (unpaired) electrons. The molecule has 6 heteroatoms. The van der Waals surface area contributed by atoms with Crippen LogP contribution >= 0.6 is 11.6 Å². The maximum absolute atomic E-state index is 12.9.